The van der Waals surface area contributed by atoms with E-state index in [1.54, 1.807) is 36.7 Å². The molecule has 160 valence electrons. The number of carbonyl (C=O) groups is 1. The van der Waals surface area contributed by atoms with E-state index in [4.69, 9.17) is 21.0 Å². The van der Waals surface area contributed by atoms with Gasteiger partial charge in [-0.25, -0.2) is 9.97 Å². The van der Waals surface area contributed by atoms with Crippen molar-refractivity contribution in [3.63, 3.8) is 0 Å². The van der Waals surface area contributed by atoms with Crippen LogP contribution in [0.15, 0.2) is 30.6 Å². The molecule has 0 saturated carbocycles. The fourth-order valence-corrected chi connectivity index (χ4v) is 5.17. The average Bonchev–Trinajstić information content (AvgIpc) is 3.13. The van der Waals surface area contributed by atoms with E-state index in [9.17, 15) is 4.79 Å². The van der Waals surface area contributed by atoms with Crippen molar-refractivity contribution in [3.05, 3.63) is 46.6 Å². The zero-order valence-corrected chi connectivity index (χ0v) is 17.8. The minimum atomic E-state index is -0.815. The largest absolute Gasteiger partial charge is 0.494 e. The van der Waals surface area contributed by atoms with Gasteiger partial charge in [-0.05, 0) is 36.8 Å². The van der Waals surface area contributed by atoms with Crippen LogP contribution in [0.25, 0.3) is 10.2 Å². The minimum absolute atomic E-state index is 0.0521. The molecule has 0 saturated heterocycles. The molecule has 1 aliphatic carbocycles. The number of rotatable bonds is 7. The molecule has 0 spiro atoms. The Morgan fingerprint density at radius 3 is 3.03 bits per heavy atom. The van der Waals surface area contributed by atoms with Gasteiger partial charge in [0.25, 0.3) is 0 Å². The van der Waals surface area contributed by atoms with E-state index in [2.05, 4.69) is 15.3 Å². The van der Waals surface area contributed by atoms with Crippen LogP contribution in [0.1, 0.15) is 28.8 Å². The van der Waals surface area contributed by atoms with E-state index >= 15 is 0 Å². The highest BCUT2D eigenvalue weighted by Crippen LogP contribution is 2.41. The summed E-state index contributed by atoms with van der Waals surface area (Å²) in [6, 6.07) is 3.47. The smallest absolute Gasteiger partial charge is 0.307 e. The van der Waals surface area contributed by atoms with Crippen molar-refractivity contribution in [2.75, 3.05) is 18.2 Å². The number of hydrogen-bond acceptors (Lipinski definition) is 8. The van der Waals surface area contributed by atoms with Crippen molar-refractivity contribution in [1.29, 1.82) is 5.41 Å². The van der Waals surface area contributed by atoms with Gasteiger partial charge in [0.2, 0.25) is 0 Å². The zero-order chi connectivity index (χ0) is 22.0. The predicted octanol–water partition coefficient (Wildman–Crippen LogP) is 4.16. The maximum Gasteiger partial charge on any atom is 0.307 e. The number of allylic oxidation sites excluding steroid dienone is 1. The molecule has 0 radical (unpaired) electrons. The second-order valence-electron chi connectivity index (χ2n) is 7.39. The number of fused-ring (bicyclic) bond motifs is 3. The number of aryl methyl sites for hydroxylation is 1. The summed E-state index contributed by atoms with van der Waals surface area (Å²) < 4.78 is 5.46. The fourth-order valence-electron chi connectivity index (χ4n) is 3.89. The molecule has 1 atom stereocenters. The Labute approximate surface area is 183 Å². The van der Waals surface area contributed by atoms with Crippen molar-refractivity contribution in [3.8, 4) is 5.75 Å². The second kappa shape index (κ2) is 8.73. The van der Waals surface area contributed by atoms with Crippen LogP contribution in [0.2, 0.25) is 0 Å². The Kier molecular flexibility index (Phi) is 5.85. The third-order valence-corrected chi connectivity index (χ3v) is 6.56. The van der Waals surface area contributed by atoms with Crippen molar-refractivity contribution < 1.29 is 14.6 Å². The zero-order valence-electron chi connectivity index (χ0n) is 17.0. The molecule has 2 aromatic heterocycles. The van der Waals surface area contributed by atoms with Crippen molar-refractivity contribution in [2.24, 2.45) is 5.92 Å². The summed E-state index contributed by atoms with van der Waals surface area (Å²) in [5, 5.41) is 20.8. The Morgan fingerprint density at radius 1 is 1.45 bits per heavy atom. The van der Waals surface area contributed by atoms with Crippen molar-refractivity contribution in [1.82, 2.24) is 9.97 Å². The normalized spacial score (nSPS) is 15.7. The number of methoxy groups -OCH3 is 1. The maximum absolute atomic E-state index is 10.7. The molecule has 0 bridgehead atoms. The highest BCUT2D eigenvalue weighted by Gasteiger charge is 2.24. The van der Waals surface area contributed by atoms with Gasteiger partial charge in [-0.3, -0.25) is 4.79 Å². The molecule has 0 fully saturated rings. The first-order valence-corrected chi connectivity index (χ1v) is 10.7. The molecule has 0 amide bonds. The molecule has 31 heavy (non-hydrogen) atoms. The first-order chi connectivity index (χ1) is 15.0. The minimum Gasteiger partial charge on any atom is -0.494 e. The number of carboxylic acid groups (broad SMARTS) is 1. The first-order valence-electron chi connectivity index (χ1n) is 9.88. The number of anilines is 3. The number of nitrogens with two attached hydrogens (primary N) is 1. The molecule has 9 heteroatoms. The van der Waals surface area contributed by atoms with Gasteiger partial charge in [0.05, 0.1) is 24.6 Å². The van der Waals surface area contributed by atoms with Crippen molar-refractivity contribution >= 4 is 50.9 Å². The number of aromatic nitrogens is 2. The summed E-state index contributed by atoms with van der Waals surface area (Å²) in [5.41, 5.74) is 8.97. The van der Waals surface area contributed by atoms with Gasteiger partial charge in [-0.2, -0.15) is 0 Å². The standard InChI is InChI=1S/C22H23N5O3S/c1-30-17-9-15(24)13(10-23)8-16(17)27-21-20-14-6-5-12(3-2-4-19(28)29)7-18(14)31-22(20)26-11-25-21/h2-3,8-12,23H,4-7,24H2,1H3,(H,28,29)(H,25,26,27)/b3-2+,23-10?. The Hall–Kier alpha value is -3.46. The number of nitrogen functional groups attached to an aromatic ring is 1. The molecule has 1 aromatic carbocycles. The number of thiophene rings is 1. The molecule has 1 aliphatic rings. The topological polar surface area (TPSA) is 134 Å². The predicted molar refractivity (Wildman–Crippen MR) is 123 cm³/mol. The van der Waals surface area contributed by atoms with Crippen LogP contribution < -0.4 is 15.8 Å². The van der Waals surface area contributed by atoms with E-state index < -0.39 is 5.97 Å². The number of ether oxygens (including phenoxy) is 1. The molecule has 1 unspecified atom stereocenters. The van der Waals surface area contributed by atoms with E-state index in [0.29, 0.717) is 34.4 Å². The number of hydrogen-bond donors (Lipinski definition) is 4. The first kappa shape index (κ1) is 20.8. The fraction of sp³-hybridized carbons (Fsp3) is 0.273. The quantitative estimate of drug-likeness (QED) is 0.248. The van der Waals surface area contributed by atoms with Gasteiger partial charge in [-0.1, -0.05) is 12.2 Å². The lowest BCUT2D eigenvalue weighted by Crippen LogP contribution is -2.10. The van der Waals surface area contributed by atoms with Gasteiger partial charge in [-0.15, -0.1) is 11.3 Å². The van der Waals surface area contributed by atoms with Gasteiger partial charge in [0.15, 0.2) is 0 Å². The molecular weight excluding hydrogens is 414 g/mol. The van der Waals surface area contributed by atoms with E-state index in [1.165, 1.54) is 23.0 Å². The molecular formula is C22H23N5O3S. The van der Waals surface area contributed by atoms with E-state index in [0.717, 1.165) is 29.5 Å². The summed E-state index contributed by atoms with van der Waals surface area (Å²) in [4.78, 5) is 21.9. The van der Waals surface area contributed by atoms with Crippen LogP contribution in [0.4, 0.5) is 17.2 Å². The molecule has 5 N–H and O–H groups in total. The molecule has 3 aromatic rings. The Balaban J connectivity index is 1.68. The number of aliphatic carboxylic acids is 1. The van der Waals surface area contributed by atoms with E-state index in [-0.39, 0.29) is 6.42 Å². The van der Waals surface area contributed by atoms with Crippen LogP contribution >= 0.6 is 11.3 Å². The van der Waals surface area contributed by atoms with Gasteiger partial charge in [0.1, 0.15) is 22.7 Å². The number of nitrogens with zero attached hydrogens (tertiary/aromatic N) is 2. The molecule has 4 rings (SSSR count). The lowest BCUT2D eigenvalue weighted by atomic mass is 9.87. The van der Waals surface area contributed by atoms with E-state index in [1.807, 2.05) is 6.08 Å². The Morgan fingerprint density at radius 2 is 2.29 bits per heavy atom. The van der Waals surface area contributed by atoms with Gasteiger partial charge < -0.3 is 26.3 Å². The Bertz CT molecular complexity index is 1190. The number of benzene rings is 1. The summed E-state index contributed by atoms with van der Waals surface area (Å²) in [7, 11) is 1.57. The van der Waals surface area contributed by atoms with Crippen LogP contribution in [0, 0.1) is 11.3 Å². The molecule has 0 aliphatic heterocycles. The number of carboxylic acids is 1. The molecule has 8 nitrogen and oxygen atoms in total. The highest BCUT2D eigenvalue weighted by molar-refractivity contribution is 7.19. The monoisotopic (exact) mass is 437 g/mol. The third kappa shape index (κ3) is 4.22. The highest BCUT2D eigenvalue weighted by atomic mass is 32.1. The third-order valence-electron chi connectivity index (χ3n) is 5.40. The van der Waals surface area contributed by atoms with Crippen LogP contribution in [-0.4, -0.2) is 34.4 Å². The number of nitrogens with one attached hydrogen (secondary N) is 2. The van der Waals surface area contributed by atoms with Crippen molar-refractivity contribution in [2.45, 2.75) is 25.7 Å². The van der Waals surface area contributed by atoms with Gasteiger partial charge in [0, 0.05) is 28.4 Å². The maximum atomic E-state index is 10.7. The lowest BCUT2D eigenvalue weighted by Gasteiger charge is -2.20. The summed E-state index contributed by atoms with van der Waals surface area (Å²) in [6.07, 6.45) is 9.26. The average molecular weight is 438 g/mol. The second-order valence-corrected chi connectivity index (χ2v) is 8.47. The van der Waals surface area contributed by atoms with Crippen LogP contribution in [0.3, 0.4) is 0 Å². The van der Waals surface area contributed by atoms with Crippen LogP contribution in [0.5, 0.6) is 5.75 Å². The summed E-state index contributed by atoms with van der Waals surface area (Å²) in [5.74, 6) is 0.783. The SMILES string of the molecule is COc1cc(N)c(C=N)cc1Nc1ncnc2sc3c(c12)CCC(/C=C/CC(=O)O)C3. The summed E-state index contributed by atoms with van der Waals surface area (Å²) in [6.45, 7) is 0. The lowest BCUT2D eigenvalue weighted by molar-refractivity contribution is -0.136. The molecule has 2 heterocycles. The summed E-state index contributed by atoms with van der Waals surface area (Å²) >= 11 is 1.66. The van der Waals surface area contributed by atoms with Gasteiger partial charge >= 0.3 is 5.97 Å². The van der Waals surface area contributed by atoms with Crippen LogP contribution in [-0.2, 0) is 17.6 Å².